The van der Waals surface area contributed by atoms with Crippen LogP contribution in [0.4, 0.5) is 0 Å². The van der Waals surface area contributed by atoms with Crippen molar-refractivity contribution < 1.29 is 14.6 Å². The van der Waals surface area contributed by atoms with Crippen LogP contribution in [0.2, 0.25) is 0 Å². The number of aryl methyl sites for hydroxylation is 1. The first-order valence-corrected chi connectivity index (χ1v) is 5.43. The van der Waals surface area contributed by atoms with Gasteiger partial charge in [0.15, 0.2) is 0 Å². The van der Waals surface area contributed by atoms with Gasteiger partial charge in [-0.25, -0.2) is 0 Å². The fourth-order valence-electron chi connectivity index (χ4n) is 1.54. The minimum atomic E-state index is -0.786. The lowest BCUT2D eigenvalue weighted by Crippen LogP contribution is -2.22. The van der Waals surface area contributed by atoms with Crippen molar-refractivity contribution in [3.63, 3.8) is 0 Å². The highest BCUT2D eigenvalue weighted by Crippen LogP contribution is 2.14. The number of aromatic nitrogens is 1. The lowest BCUT2D eigenvalue weighted by Gasteiger charge is -2.15. The van der Waals surface area contributed by atoms with E-state index >= 15 is 0 Å². The molecule has 0 fully saturated rings. The molecule has 0 aliphatic heterocycles. The van der Waals surface area contributed by atoms with Gasteiger partial charge in [0.25, 0.3) is 0 Å². The molecule has 0 radical (unpaired) electrons. The highest BCUT2D eigenvalue weighted by Gasteiger charge is 2.06. The van der Waals surface area contributed by atoms with Crippen LogP contribution in [-0.4, -0.2) is 41.7 Å². The highest BCUT2D eigenvalue weighted by molar-refractivity contribution is 5.66. The van der Waals surface area contributed by atoms with E-state index < -0.39 is 5.97 Å². The summed E-state index contributed by atoms with van der Waals surface area (Å²) in [5.41, 5.74) is 1.78. The summed E-state index contributed by atoms with van der Waals surface area (Å²) in [5, 5.41) is 8.59. The summed E-state index contributed by atoms with van der Waals surface area (Å²) in [5.74, 6) is -0.00855. The van der Waals surface area contributed by atoms with E-state index in [0.29, 0.717) is 13.1 Å². The van der Waals surface area contributed by atoms with Crippen molar-refractivity contribution in [3.8, 4) is 5.75 Å². The second kappa shape index (κ2) is 6.20. The zero-order valence-corrected chi connectivity index (χ0v) is 10.4. The summed E-state index contributed by atoms with van der Waals surface area (Å²) in [6, 6.07) is 3.73. The van der Waals surface area contributed by atoms with Crippen LogP contribution in [0.3, 0.4) is 0 Å². The number of carboxylic acids is 1. The molecule has 0 amide bonds. The number of carbonyl (C=O) groups is 1. The molecule has 1 aromatic heterocycles. The van der Waals surface area contributed by atoms with Crippen molar-refractivity contribution in [2.75, 3.05) is 20.7 Å². The van der Waals surface area contributed by atoms with Crippen LogP contribution in [0, 0.1) is 6.92 Å². The van der Waals surface area contributed by atoms with Gasteiger partial charge in [-0.3, -0.25) is 14.7 Å². The van der Waals surface area contributed by atoms with E-state index in [1.54, 1.807) is 7.11 Å². The van der Waals surface area contributed by atoms with E-state index in [1.165, 1.54) is 0 Å². The third-order valence-electron chi connectivity index (χ3n) is 2.35. The molecule has 0 aliphatic carbocycles. The lowest BCUT2D eigenvalue weighted by molar-refractivity contribution is -0.137. The Morgan fingerprint density at radius 1 is 1.53 bits per heavy atom. The minimum Gasteiger partial charge on any atom is -0.497 e. The Labute approximate surface area is 101 Å². The molecule has 94 valence electrons. The first-order chi connectivity index (χ1) is 8.01. The number of ether oxygens (including phenoxy) is 1. The van der Waals surface area contributed by atoms with Gasteiger partial charge in [-0.05, 0) is 14.0 Å². The topological polar surface area (TPSA) is 62.7 Å². The van der Waals surface area contributed by atoms with Crippen molar-refractivity contribution in [2.45, 2.75) is 19.9 Å². The average Bonchev–Trinajstić information content (AvgIpc) is 2.25. The Morgan fingerprint density at radius 2 is 2.24 bits per heavy atom. The van der Waals surface area contributed by atoms with Gasteiger partial charge in [0, 0.05) is 30.9 Å². The van der Waals surface area contributed by atoms with Gasteiger partial charge in [-0.2, -0.15) is 0 Å². The predicted octanol–water partition coefficient (Wildman–Crippen LogP) is 1.31. The van der Waals surface area contributed by atoms with Crippen LogP contribution < -0.4 is 4.74 Å². The van der Waals surface area contributed by atoms with E-state index in [2.05, 4.69) is 4.98 Å². The number of nitrogens with zero attached hydrogens (tertiary/aromatic N) is 2. The smallest absolute Gasteiger partial charge is 0.304 e. The minimum absolute atomic E-state index is 0.138. The van der Waals surface area contributed by atoms with E-state index in [1.807, 2.05) is 31.0 Å². The molecule has 1 aromatic rings. The summed E-state index contributed by atoms with van der Waals surface area (Å²) in [6.07, 6.45) is 0.138. The Morgan fingerprint density at radius 3 is 2.82 bits per heavy atom. The number of methoxy groups -OCH3 is 1. The third kappa shape index (κ3) is 4.82. The molecule has 1 rings (SSSR count). The number of rotatable bonds is 6. The van der Waals surface area contributed by atoms with Gasteiger partial charge < -0.3 is 9.84 Å². The van der Waals surface area contributed by atoms with Gasteiger partial charge in [-0.15, -0.1) is 0 Å². The molecule has 0 saturated carbocycles. The molecule has 0 unspecified atom stereocenters. The molecular formula is C12H18N2O3. The normalized spacial score (nSPS) is 10.6. The van der Waals surface area contributed by atoms with Crippen LogP contribution in [-0.2, 0) is 11.3 Å². The standard InChI is InChI=1S/C12H18N2O3/c1-9-6-11(17-3)7-10(13-9)8-14(2)5-4-12(15)16/h6-7H,4-5,8H2,1-3H3,(H,15,16). The monoisotopic (exact) mass is 238 g/mol. The molecule has 1 N–H and O–H groups in total. The van der Waals surface area contributed by atoms with Gasteiger partial charge in [0.2, 0.25) is 0 Å². The molecule has 0 aliphatic rings. The SMILES string of the molecule is COc1cc(C)nc(CN(C)CCC(=O)O)c1. The van der Waals surface area contributed by atoms with Crippen LogP contribution in [0.5, 0.6) is 5.75 Å². The Bertz CT molecular complexity index is 393. The van der Waals surface area contributed by atoms with Gasteiger partial charge in [-0.1, -0.05) is 0 Å². The molecule has 0 aromatic carbocycles. The summed E-state index contributed by atoms with van der Waals surface area (Å²) >= 11 is 0. The van der Waals surface area contributed by atoms with Gasteiger partial charge in [0.05, 0.1) is 19.2 Å². The second-order valence-electron chi connectivity index (χ2n) is 4.02. The largest absolute Gasteiger partial charge is 0.497 e. The average molecular weight is 238 g/mol. The zero-order chi connectivity index (χ0) is 12.8. The molecule has 0 saturated heterocycles. The molecule has 5 nitrogen and oxygen atoms in total. The van der Waals surface area contributed by atoms with Crippen molar-refractivity contribution >= 4 is 5.97 Å². The van der Waals surface area contributed by atoms with E-state index in [0.717, 1.165) is 17.1 Å². The van der Waals surface area contributed by atoms with E-state index in [9.17, 15) is 4.79 Å². The van der Waals surface area contributed by atoms with Crippen LogP contribution in [0.1, 0.15) is 17.8 Å². The molecule has 0 bridgehead atoms. The van der Waals surface area contributed by atoms with Crippen molar-refractivity contribution in [2.24, 2.45) is 0 Å². The number of pyridine rings is 1. The molecule has 0 spiro atoms. The third-order valence-corrected chi connectivity index (χ3v) is 2.35. The molecular weight excluding hydrogens is 220 g/mol. The first kappa shape index (κ1) is 13.4. The summed E-state index contributed by atoms with van der Waals surface area (Å²) in [7, 11) is 3.49. The summed E-state index contributed by atoms with van der Waals surface area (Å²) < 4.78 is 5.16. The second-order valence-corrected chi connectivity index (χ2v) is 4.02. The predicted molar refractivity (Wildman–Crippen MR) is 64.1 cm³/mol. The number of hydrogen-bond acceptors (Lipinski definition) is 4. The molecule has 1 heterocycles. The fourth-order valence-corrected chi connectivity index (χ4v) is 1.54. The number of aliphatic carboxylic acids is 1. The summed E-state index contributed by atoms with van der Waals surface area (Å²) in [6.45, 7) is 3.03. The van der Waals surface area contributed by atoms with Crippen molar-refractivity contribution in [1.82, 2.24) is 9.88 Å². The van der Waals surface area contributed by atoms with Gasteiger partial charge in [0.1, 0.15) is 5.75 Å². The van der Waals surface area contributed by atoms with Gasteiger partial charge >= 0.3 is 5.97 Å². The quantitative estimate of drug-likeness (QED) is 0.809. The molecule has 5 heteroatoms. The maximum atomic E-state index is 10.4. The maximum Gasteiger partial charge on any atom is 0.304 e. The Balaban J connectivity index is 2.61. The lowest BCUT2D eigenvalue weighted by atomic mass is 10.2. The van der Waals surface area contributed by atoms with Crippen LogP contribution >= 0.6 is 0 Å². The Kier molecular flexibility index (Phi) is 4.90. The van der Waals surface area contributed by atoms with E-state index in [4.69, 9.17) is 9.84 Å². The first-order valence-electron chi connectivity index (χ1n) is 5.43. The fraction of sp³-hybridized carbons (Fsp3) is 0.500. The molecule has 0 atom stereocenters. The molecule has 17 heavy (non-hydrogen) atoms. The Hall–Kier alpha value is -1.62. The van der Waals surface area contributed by atoms with E-state index in [-0.39, 0.29) is 6.42 Å². The van der Waals surface area contributed by atoms with Crippen LogP contribution in [0.15, 0.2) is 12.1 Å². The number of carboxylic acid groups (broad SMARTS) is 1. The van der Waals surface area contributed by atoms with Crippen molar-refractivity contribution in [1.29, 1.82) is 0 Å². The van der Waals surface area contributed by atoms with Crippen molar-refractivity contribution in [3.05, 3.63) is 23.5 Å². The summed E-state index contributed by atoms with van der Waals surface area (Å²) in [4.78, 5) is 16.8. The maximum absolute atomic E-state index is 10.4. The number of hydrogen-bond donors (Lipinski definition) is 1. The zero-order valence-electron chi connectivity index (χ0n) is 10.4. The van der Waals surface area contributed by atoms with Crippen LogP contribution in [0.25, 0.3) is 0 Å². The highest BCUT2D eigenvalue weighted by atomic mass is 16.5.